The van der Waals surface area contributed by atoms with Crippen molar-refractivity contribution >= 4 is 5.91 Å². The summed E-state index contributed by atoms with van der Waals surface area (Å²) in [4.78, 5) is 12.1. The fourth-order valence-electron chi connectivity index (χ4n) is 2.33. The van der Waals surface area contributed by atoms with Gasteiger partial charge in [0, 0.05) is 18.5 Å². The largest absolute Gasteiger partial charge is 0.352 e. The maximum absolute atomic E-state index is 13.1. The summed E-state index contributed by atoms with van der Waals surface area (Å²) in [5, 5.41) is 3.01. The highest BCUT2D eigenvalue weighted by molar-refractivity contribution is 5.78. The Bertz CT molecular complexity index is 448. The SMILES string of the molecule is CC(C)CC(CN)NC(=O)C(C)CCc1cccc(F)c1. The molecule has 0 aliphatic heterocycles. The number of amides is 1. The molecule has 1 amide bonds. The molecule has 3 nitrogen and oxygen atoms in total. The second-order valence-electron chi connectivity index (χ2n) is 6.14. The van der Waals surface area contributed by atoms with Crippen LogP contribution in [0.4, 0.5) is 4.39 Å². The lowest BCUT2D eigenvalue weighted by Gasteiger charge is -2.21. The third-order valence-electron chi connectivity index (χ3n) is 3.59. The van der Waals surface area contributed by atoms with Gasteiger partial charge in [0.1, 0.15) is 5.82 Å². The molecule has 0 fully saturated rings. The average Bonchev–Trinajstić information content (AvgIpc) is 2.43. The van der Waals surface area contributed by atoms with E-state index in [0.29, 0.717) is 25.3 Å². The summed E-state index contributed by atoms with van der Waals surface area (Å²) < 4.78 is 13.1. The van der Waals surface area contributed by atoms with Crippen molar-refractivity contribution in [3.63, 3.8) is 0 Å². The molecule has 118 valence electrons. The molecule has 2 unspecified atom stereocenters. The van der Waals surface area contributed by atoms with Crippen LogP contribution in [0.5, 0.6) is 0 Å². The summed E-state index contributed by atoms with van der Waals surface area (Å²) >= 11 is 0. The fraction of sp³-hybridized carbons (Fsp3) is 0.588. The van der Waals surface area contributed by atoms with E-state index >= 15 is 0 Å². The Hall–Kier alpha value is -1.42. The van der Waals surface area contributed by atoms with Crippen LogP contribution in [0.15, 0.2) is 24.3 Å². The van der Waals surface area contributed by atoms with Gasteiger partial charge in [-0.3, -0.25) is 4.79 Å². The minimum Gasteiger partial charge on any atom is -0.352 e. The standard InChI is InChI=1S/C17H27FN2O/c1-12(2)9-16(11-19)20-17(21)13(3)7-8-14-5-4-6-15(18)10-14/h4-6,10,12-13,16H,7-9,11,19H2,1-3H3,(H,20,21). The Morgan fingerprint density at radius 2 is 2.05 bits per heavy atom. The zero-order valence-corrected chi connectivity index (χ0v) is 13.2. The van der Waals surface area contributed by atoms with E-state index in [2.05, 4.69) is 19.2 Å². The second-order valence-corrected chi connectivity index (χ2v) is 6.14. The Morgan fingerprint density at radius 1 is 1.33 bits per heavy atom. The van der Waals surface area contributed by atoms with Crippen molar-refractivity contribution in [2.24, 2.45) is 17.6 Å². The van der Waals surface area contributed by atoms with E-state index in [1.54, 1.807) is 6.07 Å². The third-order valence-corrected chi connectivity index (χ3v) is 3.59. The lowest BCUT2D eigenvalue weighted by atomic mass is 9.98. The molecule has 0 spiro atoms. The molecule has 0 saturated heterocycles. The monoisotopic (exact) mass is 294 g/mol. The smallest absolute Gasteiger partial charge is 0.223 e. The van der Waals surface area contributed by atoms with E-state index in [4.69, 9.17) is 5.73 Å². The van der Waals surface area contributed by atoms with Gasteiger partial charge < -0.3 is 11.1 Å². The van der Waals surface area contributed by atoms with Crippen molar-refractivity contribution in [2.45, 2.75) is 46.1 Å². The number of rotatable bonds is 8. The molecule has 0 aliphatic rings. The molecule has 2 atom stereocenters. The van der Waals surface area contributed by atoms with Gasteiger partial charge in [-0.15, -0.1) is 0 Å². The lowest BCUT2D eigenvalue weighted by Crippen LogP contribution is -2.43. The van der Waals surface area contributed by atoms with Gasteiger partial charge in [0.25, 0.3) is 0 Å². The Labute approximate surface area is 127 Å². The number of carbonyl (C=O) groups excluding carboxylic acids is 1. The van der Waals surface area contributed by atoms with Crippen LogP contribution < -0.4 is 11.1 Å². The van der Waals surface area contributed by atoms with Crippen LogP contribution in [0, 0.1) is 17.7 Å². The van der Waals surface area contributed by atoms with E-state index in [1.807, 2.05) is 13.0 Å². The topological polar surface area (TPSA) is 55.1 Å². The highest BCUT2D eigenvalue weighted by Gasteiger charge is 2.17. The molecule has 1 aromatic carbocycles. The molecular formula is C17H27FN2O. The first kappa shape index (κ1) is 17.6. The molecule has 21 heavy (non-hydrogen) atoms. The summed E-state index contributed by atoms with van der Waals surface area (Å²) in [5.41, 5.74) is 6.62. The second kappa shape index (κ2) is 8.78. The van der Waals surface area contributed by atoms with Gasteiger partial charge in [-0.05, 0) is 42.9 Å². The van der Waals surface area contributed by atoms with Gasteiger partial charge in [0.05, 0.1) is 0 Å². The van der Waals surface area contributed by atoms with Crippen molar-refractivity contribution in [2.75, 3.05) is 6.54 Å². The minimum absolute atomic E-state index is 0.0301. The number of nitrogens with two attached hydrogens (primary N) is 1. The molecule has 0 saturated carbocycles. The number of halogens is 1. The molecule has 0 radical (unpaired) electrons. The quantitative estimate of drug-likeness (QED) is 0.774. The van der Waals surface area contributed by atoms with Crippen molar-refractivity contribution in [3.05, 3.63) is 35.6 Å². The predicted molar refractivity (Wildman–Crippen MR) is 84.3 cm³/mol. The van der Waals surface area contributed by atoms with Crippen molar-refractivity contribution in [1.82, 2.24) is 5.32 Å². The normalized spacial score (nSPS) is 14.0. The van der Waals surface area contributed by atoms with Crippen molar-refractivity contribution < 1.29 is 9.18 Å². The molecular weight excluding hydrogens is 267 g/mol. The summed E-state index contributed by atoms with van der Waals surface area (Å²) in [6.45, 7) is 6.59. The third kappa shape index (κ3) is 6.71. The first-order valence-corrected chi connectivity index (χ1v) is 7.67. The zero-order chi connectivity index (χ0) is 15.8. The van der Waals surface area contributed by atoms with E-state index < -0.39 is 0 Å². The van der Waals surface area contributed by atoms with Crippen LogP contribution in [-0.2, 0) is 11.2 Å². The molecule has 4 heteroatoms. The highest BCUT2D eigenvalue weighted by Crippen LogP contribution is 2.12. The average molecular weight is 294 g/mol. The molecule has 1 aromatic rings. The van der Waals surface area contributed by atoms with Crippen LogP contribution in [0.25, 0.3) is 0 Å². The fourth-order valence-corrected chi connectivity index (χ4v) is 2.33. The number of aryl methyl sites for hydroxylation is 1. The Balaban J connectivity index is 2.43. The summed E-state index contributed by atoms with van der Waals surface area (Å²) in [5.74, 6) is 0.197. The zero-order valence-electron chi connectivity index (χ0n) is 13.2. The number of hydrogen-bond acceptors (Lipinski definition) is 2. The highest BCUT2D eigenvalue weighted by atomic mass is 19.1. The number of benzene rings is 1. The molecule has 0 heterocycles. The molecule has 0 aromatic heterocycles. The first-order valence-electron chi connectivity index (χ1n) is 7.67. The number of hydrogen-bond donors (Lipinski definition) is 2. The van der Waals surface area contributed by atoms with E-state index in [1.165, 1.54) is 12.1 Å². The van der Waals surface area contributed by atoms with Crippen molar-refractivity contribution in [1.29, 1.82) is 0 Å². The van der Waals surface area contributed by atoms with Crippen LogP contribution >= 0.6 is 0 Å². The summed E-state index contributed by atoms with van der Waals surface area (Å²) in [6.07, 6.45) is 2.29. The molecule has 3 N–H and O–H groups in total. The minimum atomic E-state index is -0.232. The van der Waals surface area contributed by atoms with Crippen LogP contribution in [0.1, 0.15) is 39.2 Å². The predicted octanol–water partition coefficient (Wildman–Crippen LogP) is 2.88. The van der Waals surface area contributed by atoms with E-state index in [0.717, 1.165) is 12.0 Å². The first-order chi connectivity index (χ1) is 9.92. The number of carbonyl (C=O) groups is 1. The summed E-state index contributed by atoms with van der Waals surface area (Å²) in [6, 6.07) is 6.57. The van der Waals surface area contributed by atoms with Gasteiger partial charge in [-0.25, -0.2) is 4.39 Å². The van der Waals surface area contributed by atoms with E-state index in [-0.39, 0.29) is 23.7 Å². The molecule has 0 bridgehead atoms. The van der Waals surface area contributed by atoms with Crippen LogP contribution in [0.3, 0.4) is 0 Å². The van der Waals surface area contributed by atoms with Crippen LogP contribution in [0.2, 0.25) is 0 Å². The van der Waals surface area contributed by atoms with E-state index in [9.17, 15) is 9.18 Å². The Morgan fingerprint density at radius 3 is 2.62 bits per heavy atom. The molecule has 1 rings (SSSR count). The van der Waals surface area contributed by atoms with Gasteiger partial charge in [-0.1, -0.05) is 32.9 Å². The maximum atomic E-state index is 13.1. The van der Waals surface area contributed by atoms with Gasteiger partial charge >= 0.3 is 0 Å². The van der Waals surface area contributed by atoms with Gasteiger partial charge in [0.15, 0.2) is 0 Å². The van der Waals surface area contributed by atoms with Gasteiger partial charge in [-0.2, -0.15) is 0 Å². The molecule has 0 aliphatic carbocycles. The van der Waals surface area contributed by atoms with Gasteiger partial charge in [0.2, 0.25) is 5.91 Å². The number of nitrogens with one attached hydrogen (secondary N) is 1. The van der Waals surface area contributed by atoms with Crippen LogP contribution in [-0.4, -0.2) is 18.5 Å². The van der Waals surface area contributed by atoms with Crippen molar-refractivity contribution in [3.8, 4) is 0 Å². The maximum Gasteiger partial charge on any atom is 0.223 e. The summed E-state index contributed by atoms with van der Waals surface area (Å²) in [7, 11) is 0. The Kier molecular flexibility index (Phi) is 7.37. The lowest BCUT2D eigenvalue weighted by molar-refractivity contribution is -0.125.